The van der Waals surface area contributed by atoms with Crippen LogP contribution in [-0.4, -0.2) is 89.0 Å². The second-order valence-corrected chi connectivity index (χ2v) is 10.7. The number of benzene rings is 1. The zero-order valence-electron chi connectivity index (χ0n) is 25.7. The van der Waals surface area contributed by atoms with Gasteiger partial charge in [-0.15, -0.1) is 5.10 Å². The Labute approximate surface area is 274 Å². The Morgan fingerprint density at radius 1 is 1.28 bits per heavy atom. The van der Waals surface area contributed by atoms with Crippen LogP contribution in [0.2, 0.25) is 5.02 Å². The number of guanidine groups is 1. The number of carbonyl (C=O) groups excluding carboxylic acids is 2. The third kappa shape index (κ3) is 8.85. The van der Waals surface area contributed by atoms with Crippen LogP contribution in [0.1, 0.15) is 37.4 Å². The molecule has 4 rings (SSSR count). The van der Waals surface area contributed by atoms with Gasteiger partial charge in [-0.2, -0.15) is 20.0 Å². The summed E-state index contributed by atoms with van der Waals surface area (Å²) in [5, 5.41) is 39.0. The average Bonchev–Trinajstić information content (AvgIpc) is 3.48. The molecule has 0 aliphatic carbocycles. The second-order valence-electron chi connectivity index (χ2n) is 10.3. The summed E-state index contributed by atoms with van der Waals surface area (Å²) in [7, 11) is 1.28. The molecule has 0 radical (unpaired) electrons. The number of nitrogens with zero attached hydrogens (tertiary/aromatic N) is 7. The first-order valence-electron chi connectivity index (χ1n) is 14.7. The normalized spacial score (nSPS) is 16.3. The van der Waals surface area contributed by atoms with Crippen molar-refractivity contribution in [2.24, 2.45) is 16.5 Å². The summed E-state index contributed by atoms with van der Waals surface area (Å²) in [5.41, 5.74) is 11.7. The molecule has 18 nitrogen and oxygen atoms in total. The van der Waals surface area contributed by atoms with Gasteiger partial charge >= 0.3 is 12.1 Å². The number of amides is 1. The lowest BCUT2D eigenvalue weighted by Gasteiger charge is -2.35. The molecule has 1 fully saturated rings. The van der Waals surface area contributed by atoms with Gasteiger partial charge in [0, 0.05) is 37.8 Å². The summed E-state index contributed by atoms with van der Waals surface area (Å²) in [6.45, 7) is 3.77. The van der Waals surface area contributed by atoms with Crippen LogP contribution >= 0.6 is 11.6 Å². The maximum absolute atomic E-state index is 13.7. The molecule has 9 N–H and O–H groups in total. The Morgan fingerprint density at radius 2 is 2.09 bits per heavy atom. The number of rotatable bonds is 13. The molecule has 1 aliphatic rings. The van der Waals surface area contributed by atoms with Gasteiger partial charge in [-0.05, 0) is 38.8 Å². The minimum Gasteiger partial charge on any atom is -0.453 e. The van der Waals surface area contributed by atoms with E-state index in [0.717, 1.165) is 0 Å². The lowest BCUT2D eigenvalue weighted by Crippen LogP contribution is -2.61. The monoisotopic (exact) mass is 666 g/mol. The van der Waals surface area contributed by atoms with Gasteiger partial charge in [-0.3, -0.25) is 10.3 Å². The van der Waals surface area contributed by atoms with Crippen LogP contribution in [0.5, 0.6) is 5.75 Å². The molecule has 3 aromatic rings. The van der Waals surface area contributed by atoms with Crippen molar-refractivity contribution in [2.45, 2.75) is 44.3 Å². The fourth-order valence-corrected chi connectivity index (χ4v) is 5.07. The summed E-state index contributed by atoms with van der Waals surface area (Å²) in [4.78, 5) is 38.3. The number of piperidine rings is 1. The van der Waals surface area contributed by atoms with Crippen LogP contribution < -0.4 is 42.8 Å². The fourth-order valence-electron chi connectivity index (χ4n) is 4.87. The number of methoxy groups -OCH3 is 1. The lowest BCUT2D eigenvalue weighted by atomic mass is 9.99. The molecule has 3 unspecified atom stereocenters. The third-order valence-electron chi connectivity index (χ3n) is 7.06. The number of esters is 1. The zero-order chi connectivity index (χ0) is 33.9. The van der Waals surface area contributed by atoms with Crippen molar-refractivity contribution in [1.82, 2.24) is 35.5 Å². The highest BCUT2D eigenvalue weighted by atomic mass is 35.5. The maximum Gasteiger partial charge on any atom is 0.407 e. The van der Waals surface area contributed by atoms with Gasteiger partial charge in [-0.1, -0.05) is 11.6 Å². The van der Waals surface area contributed by atoms with E-state index in [2.05, 4.69) is 46.6 Å². The number of nitriles is 2. The van der Waals surface area contributed by atoms with Crippen LogP contribution in [-0.2, 0) is 9.53 Å². The van der Waals surface area contributed by atoms with E-state index in [1.165, 1.54) is 30.0 Å². The Bertz CT molecular complexity index is 1710. The largest absolute Gasteiger partial charge is 0.453 e. The smallest absolute Gasteiger partial charge is 0.407 e. The molecule has 0 spiro atoms. The number of nitrogens with two attached hydrogens (primary N) is 2. The molecule has 1 aromatic carbocycles. The number of hydrogen-bond acceptors (Lipinski definition) is 14. The minimum absolute atomic E-state index is 0.0268. The maximum atomic E-state index is 13.7. The first-order chi connectivity index (χ1) is 22.7. The quantitative estimate of drug-likeness (QED) is 0.0435. The molecule has 0 bridgehead atoms. The molecule has 1 saturated heterocycles. The summed E-state index contributed by atoms with van der Waals surface area (Å²) in [5.74, 6) is -0.463. The van der Waals surface area contributed by atoms with Crippen molar-refractivity contribution in [1.29, 1.82) is 10.5 Å². The highest BCUT2D eigenvalue weighted by molar-refractivity contribution is 6.35. The lowest BCUT2D eigenvalue weighted by molar-refractivity contribution is -0.137. The van der Waals surface area contributed by atoms with Crippen LogP contribution in [0.25, 0.3) is 5.65 Å². The number of ether oxygens (including phenoxy) is 2. The number of nitrogens with one attached hydrogen (secondary N) is 5. The van der Waals surface area contributed by atoms with Gasteiger partial charge in [0.1, 0.15) is 17.1 Å². The SMILES string of the molecule is CCNc1nc(Nc2cc(C#N)cc(OC(=O)C(CCCN=C(N)N)NC3CNCCC3NC(=O)OC)c2Cl)nn2c(C#N)cnc12. The average molecular weight is 667 g/mol. The Hall–Kier alpha value is -5.43. The number of carbonyl (C=O) groups is 2. The molecule has 47 heavy (non-hydrogen) atoms. The standard InChI is InChI=1S/C28H35ClN14O4/c1-3-35-23-24-37-13-16(12-31)43(24)42-27(41-23)39-19-9-15(11-30)10-21(22(19)29)47-25(44)18(5-4-7-36-26(32)33)38-20-14-34-8-6-17(20)40-28(45)46-2/h9-10,13,17-18,20,34,38H,3-8,14H2,1-2H3,(H,40,45)(H4,32,33,36)(H2,35,39,41,42). The number of anilines is 3. The van der Waals surface area contributed by atoms with E-state index in [4.69, 9.17) is 32.5 Å². The van der Waals surface area contributed by atoms with E-state index in [9.17, 15) is 20.1 Å². The number of imidazole rings is 1. The Kier molecular flexibility index (Phi) is 11.9. The molecule has 3 atom stereocenters. The first-order valence-corrected chi connectivity index (χ1v) is 15.0. The number of hydrogen-bond donors (Lipinski definition) is 7. The molecular weight excluding hydrogens is 632 g/mol. The third-order valence-corrected chi connectivity index (χ3v) is 7.45. The van der Waals surface area contributed by atoms with Gasteiger partial charge < -0.3 is 42.2 Å². The van der Waals surface area contributed by atoms with Crippen molar-refractivity contribution in [3.05, 3.63) is 34.6 Å². The Morgan fingerprint density at radius 3 is 2.79 bits per heavy atom. The van der Waals surface area contributed by atoms with Gasteiger partial charge in [0.2, 0.25) is 5.95 Å². The van der Waals surface area contributed by atoms with Crippen molar-refractivity contribution >= 4 is 52.7 Å². The van der Waals surface area contributed by atoms with E-state index in [1.54, 1.807) is 0 Å². The molecule has 19 heteroatoms. The van der Waals surface area contributed by atoms with E-state index >= 15 is 0 Å². The number of halogens is 1. The minimum atomic E-state index is -0.881. The highest BCUT2D eigenvalue weighted by Crippen LogP contribution is 2.36. The van der Waals surface area contributed by atoms with Crippen molar-refractivity contribution in [3.8, 4) is 17.9 Å². The highest BCUT2D eigenvalue weighted by Gasteiger charge is 2.32. The predicted molar refractivity (Wildman–Crippen MR) is 172 cm³/mol. The van der Waals surface area contributed by atoms with Crippen LogP contribution in [0.4, 0.5) is 22.2 Å². The van der Waals surface area contributed by atoms with E-state index in [-0.39, 0.29) is 64.7 Å². The molecule has 248 valence electrons. The molecule has 3 heterocycles. The topological polar surface area (TPSA) is 268 Å². The van der Waals surface area contributed by atoms with Gasteiger partial charge in [-0.25, -0.2) is 14.6 Å². The van der Waals surface area contributed by atoms with E-state index in [1.807, 2.05) is 19.1 Å². The molecule has 0 saturated carbocycles. The van der Waals surface area contributed by atoms with Crippen molar-refractivity contribution in [3.63, 3.8) is 0 Å². The second kappa shape index (κ2) is 16.2. The van der Waals surface area contributed by atoms with E-state index in [0.29, 0.717) is 43.9 Å². The summed E-state index contributed by atoms with van der Waals surface area (Å²) < 4.78 is 11.9. The van der Waals surface area contributed by atoms with Gasteiger partial charge in [0.25, 0.3) is 0 Å². The molecular formula is C28H35ClN14O4. The van der Waals surface area contributed by atoms with Crippen LogP contribution in [0.15, 0.2) is 23.3 Å². The van der Waals surface area contributed by atoms with Crippen LogP contribution in [0, 0.1) is 22.7 Å². The van der Waals surface area contributed by atoms with Gasteiger partial charge in [0.15, 0.2) is 28.9 Å². The fraction of sp³-hybridized carbons (Fsp3) is 0.429. The van der Waals surface area contributed by atoms with Crippen molar-refractivity contribution < 1.29 is 19.1 Å². The number of fused-ring (bicyclic) bond motifs is 1. The molecule has 2 aromatic heterocycles. The Balaban J connectivity index is 1.61. The van der Waals surface area contributed by atoms with E-state index < -0.39 is 18.1 Å². The predicted octanol–water partition coefficient (Wildman–Crippen LogP) is 0.700. The molecule has 1 amide bonds. The number of aromatic nitrogens is 4. The zero-order valence-corrected chi connectivity index (χ0v) is 26.5. The van der Waals surface area contributed by atoms with Gasteiger partial charge in [0.05, 0.1) is 30.6 Å². The van der Waals surface area contributed by atoms with Crippen LogP contribution in [0.3, 0.4) is 0 Å². The molecule has 1 aliphatic heterocycles. The summed E-state index contributed by atoms with van der Waals surface area (Å²) in [6.07, 6.45) is 2.06. The number of alkyl carbamates (subject to hydrolysis) is 1. The summed E-state index contributed by atoms with van der Waals surface area (Å²) in [6, 6.07) is 5.26. The summed E-state index contributed by atoms with van der Waals surface area (Å²) >= 11 is 6.71. The first kappa shape index (κ1) is 34.4. The van der Waals surface area contributed by atoms with Crippen molar-refractivity contribution in [2.75, 3.05) is 43.9 Å². The number of aliphatic imine (C=N–C) groups is 1.